The molecule has 0 spiro atoms. The molecule has 0 fully saturated rings. The van der Waals surface area contributed by atoms with Gasteiger partial charge in [0.1, 0.15) is 12.4 Å². The monoisotopic (exact) mass is 504 g/mol. The number of thiazole rings is 1. The molecule has 0 atom stereocenters. The van der Waals surface area contributed by atoms with Crippen LogP contribution < -0.4 is 10.1 Å². The summed E-state index contributed by atoms with van der Waals surface area (Å²) >= 11 is 1.67. The first-order valence-corrected chi connectivity index (χ1v) is 9.61. The van der Waals surface area contributed by atoms with E-state index in [0.717, 1.165) is 41.1 Å². The van der Waals surface area contributed by atoms with E-state index in [0.29, 0.717) is 19.8 Å². The Hall–Kier alpha value is -1.39. The first-order valence-electron chi connectivity index (χ1n) is 8.73. The fourth-order valence-corrected chi connectivity index (χ4v) is 2.97. The van der Waals surface area contributed by atoms with Gasteiger partial charge >= 0.3 is 0 Å². The van der Waals surface area contributed by atoms with E-state index in [9.17, 15) is 0 Å². The molecule has 2 rings (SSSR count). The van der Waals surface area contributed by atoms with Crippen molar-refractivity contribution in [3.63, 3.8) is 0 Å². The first-order chi connectivity index (χ1) is 12.6. The van der Waals surface area contributed by atoms with E-state index < -0.39 is 0 Å². The van der Waals surface area contributed by atoms with Crippen LogP contribution in [0.15, 0.2) is 34.6 Å². The van der Waals surface area contributed by atoms with E-state index in [-0.39, 0.29) is 24.0 Å². The Morgan fingerprint density at radius 3 is 2.59 bits per heavy atom. The highest BCUT2D eigenvalue weighted by molar-refractivity contribution is 14.0. The van der Waals surface area contributed by atoms with Crippen molar-refractivity contribution in [2.75, 3.05) is 33.9 Å². The molecule has 0 saturated carbocycles. The molecule has 1 aromatic carbocycles. The summed E-state index contributed by atoms with van der Waals surface area (Å²) in [6.07, 6.45) is 0. The zero-order chi connectivity index (χ0) is 18.8. The number of nitrogens with zero attached hydrogens (tertiary/aromatic N) is 3. The van der Waals surface area contributed by atoms with Crippen molar-refractivity contribution in [3.8, 4) is 5.75 Å². The van der Waals surface area contributed by atoms with Gasteiger partial charge in [0.05, 0.1) is 30.4 Å². The Labute approximate surface area is 183 Å². The zero-order valence-electron chi connectivity index (χ0n) is 16.4. The van der Waals surface area contributed by atoms with Crippen LogP contribution in [0.25, 0.3) is 0 Å². The average Bonchev–Trinajstić information content (AvgIpc) is 3.04. The molecule has 0 saturated heterocycles. The molecule has 0 unspecified atom stereocenters. The van der Waals surface area contributed by atoms with E-state index in [4.69, 9.17) is 14.5 Å². The number of hydrogen-bond acceptors (Lipinski definition) is 5. The number of ether oxygens (including phenoxy) is 2. The molecule has 6 nitrogen and oxygen atoms in total. The van der Waals surface area contributed by atoms with Gasteiger partial charge in [0.15, 0.2) is 5.96 Å². The highest BCUT2D eigenvalue weighted by Gasteiger charge is 2.08. The third-order valence-electron chi connectivity index (χ3n) is 3.65. The lowest BCUT2D eigenvalue weighted by molar-refractivity contribution is 0.146. The van der Waals surface area contributed by atoms with E-state index in [2.05, 4.69) is 27.5 Å². The van der Waals surface area contributed by atoms with Gasteiger partial charge in [0.2, 0.25) is 0 Å². The summed E-state index contributed by atoms with van der Waals surface area (Å²) in [7, 11) is 3.70. The Bertz CT molecular complexity index is 691. The summed E-state index contributed by atoms with van der Waals surface area (Å²) in [5.41, 5.74) is 2.20. The van der Waals surface area contributed by atoms with Gasteiger partial charge in [-0.05, 0) is 31.5 Å². The van der Waals surface area contributed by atoms with Gasteiger partial charge < -0.3 is 19.7 Å². The molecule has 0 bridgehead atoms. The maximum Gasteiger partial charge on any atom is 0.194 e. The van der Waals surface area contributed by atoms with Crippen molar-refractivity contribution in [2.45, 2.75) is 26.9 Å². The summed E-state index contributed by atoms with van der Waals surface area (Å²) in [5, 5.41) is 6.52. The Kier molecular flexibility index (Phi) is 11.3. The first kappa shape index (κ1) is 23.6. The Balaban J connectivity index is 0.00000364. The summed E-state index contributed by atoms with van der Waals surface area (Å²) < 4.78 is 10.6. The van der Waals surface area contributed by atoms with Crippen molar-refractivity contribution < 1.29 is 9.47 Å². The van der Waals surface area contributed by atoms with Crippen molar-refractivity contribution in [1.82, 2.24) is 15.2 Å². The number of rotatable bonds is 9. The fourth-order valence-electron chi connectivity index (χ4n) is 2.37. The standard InChI is InChI=1S/C19H28N4O2S.HI/c1-5-20-19(23(3)13-17-14-26-15(2)22-17)21-12-16-6-8-18(9-7-16)25-11-10-24-4;/h6-9,14H,5,10-13H2,1-4H3,(H,20,21);1H. The third kappa shape index (κ3) is 8.44. The van der Waals surface area contributed by atoms with Crippen molar-refractivity contribution in [3.05, 3.63) is 45.9 Å². The second-order valence-corrected chi connectivity index (χ2v) is 6.93. The van der Waals surface area contributed by atoms with Crippen molar-refractivity contribution in [1.29, 1.82) is 0 Å². The van der Waals surface area contributed by atoms with Gasteiger partial charge in [-0.1, -0.05) is 12.1 Å². The molecule has 27 heavy (non-hydrogen) atoms. The SMILES string of the molecule is CCNC(=NCc1ccc(OCCOC)cc1)N(C)Cc1csc(C)n1.I. The lowest BCUT2D eigenvalue weighted by atomic mass is 10.2. The maximum absolute atomic E-state index is 5.58. The number of aliphatic imine (C=N–C) groups is 1. The molecule has 1 aromatic heterocycles. The van der Waals surface area contributed by atoms with Gasteiger partial charge in [-0.3, -0.25) is 0 Å². The van der Waals surface area contributed by atoms with Gasteiger partial charge in [-0.2, -0.15) is 0 Å². The van der Waals surface area contributed by atoms with Gasteiger partial charge in [-0.25, -0.2) is 9.98 Å². The van der Waals surface area contributed by atoms with E-state index in [1.807, 2.05) is 38.2 Å². The number of aromatic nitrogens is 1. The topological polar surface area (TPSA) is 59.0 Å². The molecule has 150 valence electrons. The minimum absolute atomic E-state index is 0. The molecule has 8 heteroatoms. The van der Waals surface area contributed by atoms with Crippen LogP contribution in [0.4, 0.5) is 0 Å². The van der Waals surface area contributed by atoms with Crippen LogP contribution in [0.3, 0.4) is 0 Å². The van der Waals surface area contributed by atoms with Crippen LogP contribution in [0.2, 0.25) is 0 Å². The second kappa shape index (κ2) is 12.9. The highest BCUT2D eigenvalue weighted by Crippen LogP contribution is 2.13. The lowest BCUT2D eigenvalue weighted by Crippen LogP contribution is -2.38. The Morgan fingerprint density at radius 1 is 1.26 bits per heavy atom. The number of aryl methyl sites for hydroxylation is 1. The molecular formula is C19H29IN4O2S. The predicted molar refractivity (Wildman–Crippen MR) is 122 cm³/mol. The summed E-state index contributed by atoms with van der Waals surface area (Å²) in [6, 6.07) is 8.02. The molecular weight excluding hydrogens is 475 g/mol. The van der Waals surface area contributed by atoms with Gasteiger partial charge in [-0.15, -0.1) is 35.3 Å². The highest BCUT2D eigenvalue weighted by atomic mass is 127. The van der Waals surface area contributed by atoms with Crippen LogP contribution >= 0.6 is 35.3 Å². The van der Waals surface area contributed by atoms with Gasteiger partial charge in [0.25, 0.3) is 0 Å². The predicted octanol–water partition coefficient (Wildman–Crippen LogP) is 3.69. The van der Waals surface area contributed by atoms with Crippen molar-refractivity contribution >= 4 is 41.3 Å². The van der Waals surface area contributed by atoms with Gasteiger partial charge in [0, 0.05) is 26.1 Å². The van der Waals surface area contributed by atoms with E-state index >= 15 is 0 Å². The van der Waals surface area contributed by atoms with Crippen molar-refractivity contribution in [2.24, 2.45) is 4.99 Å². The lowest BCUT2D eigenvalue weighted by Gasteiger charge is -2.21. The minimum atomic E-state index is 0. The van der Waals surface area contributed by atoms with Crippen LogP contribution in [-0.4, -0.2) is 49.8 Å². The molecule has 0 aliphatic heterocycles. The average molecular weight is 504 g/mol. The number of nitrogens with one attached hydrogen (secondary N) is 1. The minimum Gasteiger partial charge on any atom is -0.491 e. The molecule has 0 aliphatic carbocycles. The molecule has 0 radical (unpaired) electrons. The number of benzene rings is 1. The molecule has 0 aliphatic rings. The largest absolute Gasteiger partial charge is 0.491 e. The molecule has 2 aromatic rings. The number of guanidine groups is 1. The van der Waals surface area contributed by atoms with Crippen LogP contribution in [0.1, 0.15) is 23.2 Å². The zero-order valence-corrected chi connectivity index (χ0v) is 19.5. The van der Waals surface area contributed by atoms with E-state index in [1.54, 1.807) is 18.4 Å². The number of halogens is 1. The second-order valence-electron chi connectivity index (χ2n) is 5.87. The van der Waals surface area contributed by atoms with Crippen LogP contribution in [0.5, 0.6) is 5.75 Å². The maximum atomic E-state index is 5.58. The summed E-state index contributed by atoms with van der Waals surface area (Å²) in [4.78, 5) is 11.4. The molecule has 1 heterocycles. The molecule has 0 amide bonds. The quantitative estimate of drug-likeness (QED) is 0.244. The van der Waals surface area contributed by atoms with E-state index in [1.165, 1.54) is 0 Å². The third-order valence-corrected chi connectivity index (χ3v) is 4.48. The fraction of sp³-hybridized carbons (Fsp3) is 0.474. The number of hydrogen-bond donors (Lipinski definition) is 1. The smallest absolute Gasteiger partial charge is 0.194 e. The molecule has 1 N–H and O–H groups in total. The van der Waals surface area contributed by atoms with Crippen LogP contribution in [0, 0.1) is 6.92 Å². The number of methoxy groups -OCH3 is 1. The summed E-state index contributed by atoms with van der Waals surface area (Å²) in [6.45, 7) is 7.41. The summed E-state index contributed by atoms with van der Waals surface area (Å²) in [5.74, 6) is 1.72. The van der Waals surface area contributed by atoms with Crippen LogP contribution in [-0.2, 0) is 17.8 Å². The Morgan fingerprint density at radius 2 is 2.00 bits per heavy atom. The normalized spacial score (nSPS) is 11.0.